The molecule has 0 bridgehead atoms. The Morgan fingerprint density at radius 2 is 2.38 bits per heavy atom. The highest BCUT2D eigenvalue weighted by atomic mass is 19.1. The highest BCUT2D eigenvalue weighted by Crippen LogP contribution is 2.04. The van der Waals surface area contributed by atoms with E-state index in [0.717, 1.165) is 0 Å². The summed E-state index contributed by atoms with van der Waals surface area (Å²) in [5.41, 5.74) is 0.508. The molecule has 0 atom stereocenters. The van der Waals surface area contributed by atoms with E-state index in [4.69, 9.17) is 0 Å². The molecule has 0 aliphatic rings. The molecule has 2 nitrogen and oxygen atoms in total. The summed E-state index contributed by atoms with van der Waals surface area (Å²) < 4.78 is 25.7. The Morgan fingerprint density at radius 3 is 3.00 bits per heavy atom. The van der Waals surface area contributed by atoms with Crippen LogP contribution in [-0.4, -0.2) is 9.78 Å². The summed E-state index contributed by atoms with van der Waals surface area (Å²) in [6.45, 7) is 3.79. The summed E-state index contributed by atoms with van der Waals surface area (Å²) in [4.78, 5) is 0. The van der Waals surface area contributed by atoms with E-state index in [9.17, 15) is 8.78 Å². The van der Waals surface area contributed by atoms with Gasteiger partial charge in [-0.15, -0.1) is 6.58 Å². The lowest BCUT2D eigenvalue weighted by atomic mass is 10.3. The Bertz CT molecular complexity index is 315. The van der Waals surface area contributed by atoms with Gasteiger partial charge in [-0.2, -0.15) is 9.49 Å². The first-order chi connectivity index (χ1) is 6.27. The fourth-order valence-electron chi connectivity index (χ4n) is 0.959. The number of nitrogens with zero attached hydrogens (tertiary/aromatic N) is 2. The number of hydrogen-bond acceptors (Lipinski definition) is 1. The molecule has 0 amide bonds. The SMILES string of the molecule is C=CCn1nc(CC=CF)cc1F. The van der Waals surface area contributed by atoms with Gasteiger partial charge in [0.05, 0.1) is 18.6 Å². The van der Waals surface area contributed by atoms with Crippen LogP contribution >= 0.6 is 0 Å². The average molecular weight is 184 g/mol. The number of hydrogen-bond donors (Lipinski definition) is 0. The topological polar surface area (TPSA) is 17.8 Å². The predicted molar refractivity (Wildman–Crippen MR) is 46.3 cm³/mol. The van der Waals surface area contributed by atoms with Gasteiger partial charge in [-0.1, -0.05) is 12.2 Å². The average Bonchev–Trinajstić information content (AvgIpc) is 2.45. The Hall–Kier alpha value is -1.45. The smallest absolute Gasteiger partial charge is 0.212 e. The van der Waals surface area contributed by atoms with Crippen LogP contribution < -0.4 is 0 Å². The van der Waals surface area contributed by atoms with E-state index in [-0.39, 0.29) is 0 Å². The van der Waals surface area contributed by atoms with E-state index in [2.05, 4.69) is 11.7 Å². The van der Waals surface area contributed by atoms with Crippen molar-refractivity contribution in [2.75, 3.05) is 0 Å². The second-order valence-corrected chi connectivity index (χ2v) is 2.49. The van der Waals surface area contributed by atoms with Gasteiger partial charge in [0, 0.05) is 12.5 Å². The van der Waals surface area contributed by atoms with Crippen molar-refractivity contribution in [1.82, 2.24) is 9.78 Å². The van der Waals surface area contributed by atoms with Crippen LogP contribution in [0.1, 0.15) is 5.69 Å². The zero-order chi connectivity index (χ0) is 9.68. The Balaban J connectivity index is 2.75. The molecular weight excluding hydrogens is 174 g/mol. The number of rotatable bonds is 4. The Kier molecular flexibility index (Phi) is 3.37. The van der Waals surface area contributed by atoms with E-state index in [1.807, 2.05) is 0 Å². The number of aromatic nitrogens is 2. The van der Waals surface area contributed by atoms with Crippen LogP contribution in [0.2, 0.25) is 0 Å². The minimum atomic E-state index is -0.429. The van der Waals surface area contributed by atoms with Crippen molar-refractivity contribution in [3.63, 3.8) is 0 Å². The summed E-state index contributed by atoms with van der Waals surface area (Å²) in [6, 6.07) is 1.28. The molecule has 0 saturated carbocycles. The fourth-order valence-corrected chi connectivity index (χ4v) is 0.959. The van der Waals surface area contributed by atoms with E-state index in [0.29, 0.717) is 25.0 Å². The molecule has 0 N–H and O–H groups in total. The molecule has 0 saturated heterocycles. The monoisotopic (exact) mass is 184 g/mol. The van der Waals surface area contributed by atoms with E-state index >= 15 is 0 Å². The van der Waals surface area contributed by atoms with Crippen LogP contribution in [0.15, 0.2) is 31.1 Å². The molecule has 1 aromatic heterocycles. The van der Waals surface area contributed by atoms with Gasteiger partial charge in [0.1, 0.15) is 0 Å². The maximum Gasteiger partial charge on any atom is 0.212 e. The number of halogens is 2. The first-order valence-electron chi connectivity index (χ1n) is 3.86. The molecule has 0 aromatic carbocycles. The second-order valence-electron chi connectivity index (χ2n) is 2.49. The molecule has 0 aliphatic carbocycles. The zero-order valence-electron chi connectivity index (χ0n) is 7.08. The van der Waals surface area contributed by atoms with Gasteiger partial charge < -0.3 is 0 Å². The molecule has 1 rings (SSSR count). The van der Waals surface area contributed by atoms with Gasteiger partial charge in [-0.05, 0) is 0 Å². The lowest BCUT2D eigenvalue weighted by molar-refractivity contribution is 0.484. The van der Waals surface area contributed by atoms with Gasteiger partial charge in [0.15, 0.2) is 0 Å². The third kappa shape index (κ3) is 2.50. The van der Waals surface area contributed by atoms with Gasteiger partial charge in [-0.3, -0.25) is 0 Å². The van der Waals surface area contributed by atoms with Crippen LogP contribution in [0.25, 0.3) is 0 Å². The third-order valence-corrected chi connectivity index (χ3v) is 1.50. The van der Waals surface area contributed by atoms with Gasteiger partial charge in [-0.25, -0.2) is 9.07 Å². The maximum atomic E-state index is 13.0. The van der Waals surface area contributed by atoms with Crippen LogP contribution in [0.3, 0.4) is 0 Å². The summed E-state index contributed by atoms with van der Waals surface area (Å²) in [7, 11) is 0. The van der Waals surface area contributed by atoms with Crippen molar-refractivity contribution >= 4 is 0 Å². The van der Waals surface area contributed by atoms with Crippen molar-refractivity contribution in [3.05, 3.63) is 42.8 Å². The largest absolute Gasteiger partial charge is 0.235 e. The Morgan fingerprint density at radius 1 is 1.62 bits per heavy atom. The Labute approximate surface area is 75.2 Å². The van der Waals surface area contributed by atoms with Crippen LogP contribution in [0.5, 0.6) is 0 Å². The molecule has 13 heavy (non-hydrogen) atoms. The third-order valence-electron chi connectivity index (χ3n) is 1.50. The molecule has 1 aromatic rings. The van der Waals surface area contributed by atoms with E-state index in [1.165, 1.54) is 16.8 Å². The quantitative estimate of drug-likeness (QED) is 0.656. The summed E-state index contributed by atoms with van der Waals surface area (Å²) in [5.74, 6) is -0.429. The second kappa shape index (κ2) is 4.54. The summed E-state index contributed by atoms with van der Waals surface area (Å²) in [5, 5.41) is 3.89. The molecule has 0 aliphatic heterocycles. The summed E-state index contributed by atoms with van der Waals surface area (Å²) >= 11 is 0. The van der Waals surface area contributed by atoms with Crippen molar-refractivity contribution in [3.8, 4) is 0 Å². The normalized spacial score (nSPS) is 10.9. The van der Waals surface area contributed by atoms with Crippen molar-refractivity contribution in [2.24, 2.45) is 0 Å². The van der Waals surface area contributed by atoms with Crippen LogP contribution in [-0.2, 0) is 13.0 Å². The van der Waals surface area contributed by atoms with Gasteiger partial charge in [0.25, 0.3) is 0 Å². The van der Waals surface area contributed by atoms with E-state index < -0.39 is 5.95 Å². The van der Waals surface area contributed by atoms with Gasteiger partial charge in [0.2, 0.25) is 5.95 Å². The van der Waals surface area contributed by atoms with Crippen molar-refractivity contribution in [1.29, 1.82) is 0 Å². The van der Waals surface area contributed by atoms with Crippen LogP contribution in [0, 0.1) is 5.95 Å². The zero-order valence-corrected chi connectivity index (χ0v) is 7.08. The van der Waals surface area contributed by atoms with Crippen LogP contribution in [0.4, 0.5) is 8.78 Å². The molecule has 0 fully saturated rings. The molecule has 1 heterocycles. The summed E-state index contributed by atoms with van der Waals surface area (Å²) in [6.07, 6.45) is 3.55. The standard InChI is InChI=1S/C9H10F2N2/c1-2-6-13-9(11)7-8(12-13)4-3-5-10/h2-3,5,7H,1,4,6H2. The lowest BCUT2D eigenvalue weighted by Crippen LogP contribution is -2.00. The van der Waals surface area contributed by atoms with Gasteiger partial charge >= 0.3 is 0 Å². The molecule has 70 valence electrons. The van der Waals surface area contributed by atoms with Crippen molar-refractivity contribution < 1.29 is 8.78 Å². The molecule has 0 radical (unpaired) electrons. The van der Waals surface area contributed by atoms with Crippen molar-refractivity contribution in [2.45, 2.75) is 13.0 Å². The molecular formula is C9H10F2N2. The first-order valence-corrected chi connectivity index (χ1v) is 3.86. The molecule has 0 unspecified atom stereocenters. The minimum Gasteiger partial charge on any atom is -0.235 e. The molecule has 4 heteroatoms. The minimum absolute atomic E-state index is 0.303. The number of allylic oxidation sites excluding steroid dienone is 2. The first kappa shape index (κ1) is 9.64. The van der Waals surface area contributed by atoms with E-state index in [1.54, 1.807) is 6.08 Å². The highest BCUT2D eigenvalue weighted by molar-refractivity contribution is 5.05. The highest BCUT2D eigenvalue weighted by Gasteiger charge is 2.03. The maximum absolute atomic E-state index is 13.0. The molecule has 0 spiro atoms. The lowest BCUT2D eigenvalue weighted by Gasteiger charge is -1.94. The predicted octanol–water partition coefficient (Wildman–Crippen LogP) is 2.23. The fraction of sp³-hybridized carbons (Fsp3) is 0.222.